The fourth-order valence-corrected chi connectivity index (χ4v) is 2.28. The van der Waals surface area contributed by atoms with Crippen molar-refractivity contribution in [1.82, 2.24) is 15.5 Å². The topological polar surface area (TPSA) is 67.4 Å². The summed E-state index contributed by atoms with van der Waals surface area (Å²) < 4.78 is 16.4. The predicted molar refractivity (Wildman–Crippen MR) is 113 cm³/mol. The van der Waals surface area contributed by atoms with Gasteiger partial charge in [0.2, 0.25) is 0 Å². The van der Waals surface area contributed by atoms with Gasteiger partial charge in [0, 0.05) is 39.3 Å². The van der Waals surface area contributed by atoms with E-state index in [4.69, 9.17) is 14.2 Å². The second-order valence-corrected chi connectivity index (χ2v) is 5.72. The molecule has 0 unspecified atom stereocenters. The molecular weight excluding hydrogens is 435 g/mol. The van der Waals surface area contributed by atoms with Crippen molar-refractivity contribution in [2.45, 2.75) is 26.7 Å². The Morgan fingerprint density at radius 3 is 2.44 bits per heavy atom. The van der Waals surface area contributed by atoms with Crippen LogP contribution in [0.4, 0.5) is 0 Å². The Hall–Kier alpha value is -0.160. The largest absolute Gasteiger partial charge is 0.379 e. The molecule has 8 heteroatoms. The number of aliphatic imine (C=N–C) groups is 1. The van der Waals surface area contributed by atoms with Gasteiger partial charge in [-0.25, -0.2) is 0 Å². The highest BCUT2D eigenvalue weighted by Gasteiger charge is 2.09. The van der Waals surface area contributed by atoms with E-state index in [-0.39, 0.29) is 24.0 Å². The summed E-state index contributed by atoms with van der Waals surface area (Å²) in [6, 6.07) is 0. The van der Waals surface area contributed by atoms with E-state index in [1.807, 2.05) is 0 Å². The number of morpholine rings is 1. The molecule has 1 aliphatic rings. The third kappa shape index (κ3) is 14.7. The van der Waals surface area contributed by atoms with Crippen LogP contribution < -0.4 is 10.6 Å². The minimum atomic E-state index is 0. The Kier molecular flexibility index (Phi) is 18.5. The molecule has 0 aromatic rings. The number of ether oxygens (including phenoxy) is 3. The molecule has 0 aliphatic carbocycles. The second kappa shape index (κ2) is 18.6. The third-order valence-electron chi connectivity index (χ3n) is 3.69. The number of hydrogen-bond acceptors (Lipinski definition) is 5. The first kappa shape index (κ1) is 24.8. The van der Waals surface area contributed by atoms with Crippen LogP contribution in [0.5, 0.6) is 0 Å². The maximum atomic E-state index is 5.55. The van der Waals surface area contributed by atoms with E-state index in [0.29, 0.717) is 19.8 Å². The number of nitrogens with one attached hydrogen (secondary N) is 2. The van der Waals surface area contributed by atoms with E-state index in [9.17, 15) is 0 Å². The van der Waals surface area contributed by atoms with Crippen LogP contribution in [0, 0.1) is 0 Å². The first-order chi connectivity index (χ1) is 11.9. The maximum Gasteiger partial charge on any atom is 0.191 e. The number of nitrogens with zero attached hydrogens (tertiary/aromatic N) is 2. The van der Waals surface area contributed by atoms with Gasteiger partial charge < -0.3 is 24.8 Å². The van der Waals surface area contributed by atoms with E-state index >= 15 is 0 Å². The van der Waals surface area contributed by atoms with Crippen LogP contribution >= 0.6 is 24.0 Å². The normalized spacial score (nSPS) is 15.7. The van der Waals surface area contributed by atoms with Gasteiger partial charge in [-0.15, -0.1) is 24.0 Å². The molecule has 25 heavy (non-hydrogen) atoms. The molecule has 0 aromatic carbocycles. The summed E-state index contributed by atoms with van der Waals surface area (Å²) in [5, 5.41) is 6.56. The molecule has 1 saturated heterocycles. The Morgan fingerprint density at radius 1 is 1.04 bits per heavy atom. The zero-order valence-electron chi connectivity index (χ0n) is 15.9. The Balaban J connectivity index is 0.00000576. The highest BCUT2D eigenvalue weighted by molar-refractivity contribution is 14.0. The average molecular weight is 472 g/mol. The van der Waals surface area contributed by atoms with E-state index in [2.05, 4.69) is 34.4 Å². The van der Waals surface area contributed by atoms with Gasteiger partial charge in [-0.05, 0) is 13.3 Å². The molecule has 0 atom stereocenters. The molecule has 1 fully saturated rings. The number of hydrogen-bond donors (Lipinski definition) is 2. The lowest BCUT2D eigenvalue weighted by Crippen LogP contribution is -2.41. The van der Waals surface area contributed by atoms with Crippen molar-refractivity contribution in [1.29, 1.82) is 0 Å². The second-order valence-electron chi connectivity index (χ2n) is 5.72. The minimum absolute atomic E-state index is 0. The summed E-state index contributed by atoms with van der Waals surface area (Å²) >= 11 is 0. The Bertz CT molecular complexity index is 316. The van der Waals surface area contributed by atoms with Gasteiger partial charge in [-0.1, -0.05) is 13.3 Å². The lowest BCUT2D eigenvalue weighted by atomic mass is 10.4. The molecule has 0 saturated carbocycles. The van der Waals surface area contributed by atoms with E-state index in [1.54, 1.807) is 0 Å². The van der Waals surface area contributed by atoms with Gasteiger partial charge in [0.05, 0.1) is 39.6 Å². The van der Waals surface area contributed by atoms with Crippen LogP contribution in [0.3, 0.4) is 0 Å². The predicted octanol–water partition coefficient (Wildman–Crippen LogP) is 1.33. The zero-order valence-corrected chi connectivity index (χ0v) is 18.3. The van der Waals surface area contributed by atoms with Crippen molar-refractivity contribution in [3.8, 4) is 0 Å². The molecule has 0 amide bonds. The SMILES string of the molecule is CCCCOCCOCCNC(=NCCN1CCOCC1)NCC.I. The van der Waals surface area contributed by atoms with Gasteiger partial charge in [-0.2, -0.15) is 0 Å². The van der Waals surface area contributed by atoms with Crippen LogP contribution in [0.15, 0.2) is 4.99 Å². The first-order valence-electron chi connectivity index (χ1n) is 9.34. The molecule has 1 heterocycles. The molecule has 150 valence electrons. The molecule has 0 radical (unpaired) electrons. The molecule has 0 aromatic heterocycles. The quantitative estimate of drug-likeness (QED) is 0.183. The van der Waals surface area contributed by atoms with Crippen LogP contribution in [0.1, 0.15) is 26.7 Å². The molecule has 1 aliphatic heterocycles. The maximum absolute atomic E-state index is 5.55. The first-order valence-corrected chi connectivity index (χ1v) is 9.34. The fourth-order valence-electron chi connectivity index (χ4n) is 2.28. The highest BCUT2D eigenvalue weighted by Crippen LogP contribution is 1.95. The van der Waals surface area contributed by atoms with E-state index in [1.165, 1.54) is 6.42 Å². The van der Waals surface area contributed by atoms with Gasteiger partial charge in [0.25, 0.3) is 0 Å². The smallest absolute Gasteiger partial charge is 0.191 e. The number of halogens is 1. The standard InChI is InChI=1S/C17H36N4O3.HI/c1-3-5-11-22-15-16-23-12-7-20-17(18-4-2)19-6-8-21-9-13-24-14-10-21;/h3-16H2,1-2H3,(H2,18,19,20);1H. The van der Waals surface area contributed by atoms with Gasteiger partial charge in [0.15, 0.2) is 5.96 Å². The van der Waals surface area contributed by atoms with Crippen LogP contribution in [0.25, 0.3) is 0 Å². The molecular formula is C17H37IN4O3. The molecule has 0 spiro atoms. The third-order valence-corrected chi connectivity index (χ3v) is 3.69. The van der Waals surface area contributed by atoms with Crippen LogP contribution in [0.2, 0.25) is 0 Å². The molecule has 2 N–H and O–H groups in total. The minimum Gasteiger partial charge on any atom is -0.379 e. The summed E-state index contributed by atoms with van der Waals surface area (Å²) in [6.07, 6.45) is 2.29. The van der Waals surface area contributed by atoms with E-state index in [0.717, 1.165) is 71.5 Å². The van der Waals surface area contributed by atoms with Crippen molar-refractivity contribution in [3.63, 3.8) is 0 Å². The van der Waals surface area contributed by atoms with Gasteiger partial charge in [-0.3, -0.25) is 9.89 Å². The van der Waals surface area contributed by atoms with E-state index < -0.39 is 0 Å². The average Bonchev–Trinajstić information content (AvgIpc) is 2.61. The van der Waals surface area contributed by atoms with Crippen molar-refractivity contribution >= 4 is 29.9 Å². The summed E-state index contributed by atoms with van der Waals surface area (Å²) in [7, 11) is 0. The molecule has 0 bridgehead atoms. The zero-order chi connectivity index (χ0) is 17.3. The summed E-state index contributed by atoms with van der Waals surface area (Å²) in [6.45, 7) is 14.1. The molecule has 1 rings (SSSR count). The van der Waals surface area contributed by atoms with Crippen LogP contribution in [-0.4, -0.2) is 89.8 Å². The highest BCUT2D eigenvalue weighted by atomic mass is 127. The lowest BCUT2D eigenvalue weighted by Gasteiger charge is -2.25. The number of guanidine groups is 1. The monoisotopic (exact) mass is 472 g/mol. The van der Waals surface area contributed by atoms with Gasteiger partial charge >= 0.3 is 0 Å². The Morgan fingerprint density at radius 2 is 1.76 bits per heavy atom. The van der Waals surface area contributed by atoms with Gasteiger partial charge in [0.1, 0.15) is 0 Å². The van der Waals surface area contributed by atoms with Crippen LogP contribution in [-0.2, 0) is 14.2 Å². The Labute approximate surface area is 170 Å². The van der Waals surface area contributed by atoms with Crippen molar-refractivity contribution in [2.24, 2.45) is 4.99 Å². The fraction of sp³-hybridized carbons (Fsp3) is 0.941. The van der Waals surface area contributed by atoms with Crippen molar-refractivity contribution < 1.29 is 14.2 Å². The summed E-state index contributed by atoms with van der Waals surface area (Å²) in [5.74, 6) is 0.855. The number of rotatable bonds is 13. The molecule has 7 nitrogen and oxygen atoms in total. The van der Waals surface area contributed by atoms with Crippen molar-refractivity contribution in [2.75, 3.05) is 78.9 Å². The van der Waals surface area contributed by atoms with Crippen molar-refractivity contribution in [3.05, 3.63) is 0 Å². The lowest BCUT2D eigenvalue weighted by molar-refractivity contribution is 0.0394. The summed E-state index contributed by atoms with van der Waals surface area (Å²) in [5.41, 5.74) is 0. The summed E-state index contributed by atoms with van der Waals surface area (Å²) in [4.78, 5) is 6.99. The number of unbranched alkanes of at least 4 members (excludes halogenated alkanes) is 1.